The van der Waals surface area contributed by atoms with Crippen LogP contribution in [0.15, 0.2) is 18.5 Å². The fourth-order valence-electron chi connectivity index (χ4n) is 1.81. The van der Waals surface area contributed by atoms with Crippen LogP contribution in [0.25, 0.3) is 11.0 Å². The molecule has 0 aliphatic heterocycles. The van der Waals surface area contributed by atoms with Gasteiger partial charge in [0, 0.05) is 29.8 Å². The number of pyridine rings is 1. The van der Waals surface area contributed by atoms with E-state index in [9.17, 15) is 4.79 Å². The van der Waals surface area contributed by atoms with Crippen LogP contribution < -0.4 is 0 Å². The number of Topliss-reactive ketones (excluding diaryl/α,β-unsaturated/α-hetero) is 1. The number of nitrogens with zero attached hydrogens (tertiary/aromatic N) is 1. The first-order valence-electron chi connectivity index (χ1n) is 5.53. The molecule has 2 aromatic heterocycles. The Kier molecular flexibility index (Phi) is 2.96. The fraction of sp³-hybridized carbons (Fsp3) is 0.385. The zero-order chi connectivity index (χ0) is 12.6. The average Bonchev–Trinajstić information content (AvgIpc) is 2.60. The molecule has 2 rings (SSSR count). The Bertz CT molecular complexity index is 566. The van der Waals surface area contributed by atoms with Crippen molar-refractivity contribution in [2.45, 2.75) is 27.2 Å². The lowest BCUT2D eigenvalue weighted by Crippen LogP contribution is -2.12. The van der Waals surface area contributed by atoms with Crippen LogP contribution in [0.4, 0.5) is 0 Å². The van der Waals surface area contributed by atoms with Crippen LogP contribution in [0.2, 0.25) is 5.02 Å². The molecule has 0 fully saturated rings. The number of aromatic amines is 1. The van der Waals surface area contributed by atoms with Crippen LogP contribution >= 0.6 is 11.6 Å². The van der Waals surface area contributed by atoms with Crippen molar-refractivity contribution in [2.75, 3.05) is 0 Å². The number of nitrogens with one attached hydrogen (secondary N) is 1. The van der Waals surface area contributed by atoms with Crippen molar-refractivity contribution in [3.05, 3.63) is 29.0 Å². The summed E-state index contributed by atoms with van der Waals surface area (Å²) in [5.41, 5.74) is 1.26. The van der Waals surface area contributed by atoms with Gasteiger partial charge in [-0.3, -0.25) is 4.79 Å². The molecule has 3 nitrogen and oxygen atoms in total. The van der Waals surface area contributed by atoms with Gasteiger partial charge in [0.1, 0.15) is 5.65 Å². The molecule has 0 saturated heterocycles. The number of rotatable bonds is 2. The Morgan fingerprint density at radius 3 is 2.82 bits per heavy atom. The SMILES string of the molecule is CC(C)(C)CC(=O)c1c[nH]c2nccc(Cl)c12. The molecule has 0 atom stereocenters. The van der Waals surface area contributed by atoms with Crippen molar-refractivity contribution in [2.24, 2.45) is 5.41 Å². The molecule has 0 aromatic carbocycles. The maximum atomic E-state index is 12.2. The molecule has 0 aliphatic carbocycles. The second kappa shape index (κ2) is 4.15. The molecule has 0 saturated carbocycles. The highest BCUT2D eigenvalue weighted by molar-refractivity contribution is 6.36. The van der Waals surface area contributed by atoms with E-state index in [1.54, 1.807) is 18.5 Å². The molecule has 2 aromatic rings. The number of hydrogen-bond acceptors (Lipinski definition) is 2. The highest BCUT2D eigenvalue weighted by atomic mass is 35.5. The van der Waals surface area contributed by atoms with Gasteiger partial charge in [0.2, 0.25) is 0 Å². The van der Waals surface area contributed by atoms with Crippen LogP contribution in [-0.4, -0.2) is 15.8 Å². The quantitative estimate of drug-likeness (QED) is 0.824. The van der Waals surface area contributed by atoms with E-state index >= 15 is 0 Å². The van der Waals surface area contributed by atoms with Crippen LogP contribution in [0.5, 0.6) is 0 Å². The van der Waals surface area contributed by atoms with Crippen molar-refractivity contribution in [1.82, 2.24) is 9.97 Å². The number of fused-ring (bicyclic) bond motifs is 1. The molecule has 0 spiro atoms. The molecule has 0 aliphatic rings. The lowest BCUT2D eigenvalue weighted by molar-refractivity contribution is 0.0941. The van der Waals surface area contributed by atoms with E-state index in [0.29, 0.717) is 22.7 Å². The first kappa shape index (κ1) is 12.1. The van der Waals surface area contributed by atoms with Crippen LogP contribution in [0, 0.1) is 5.41 Å². The minimum atomic E-state index is -0.0324. The van der Waals surface area contributed by atoms with E-state index in [2.05, 4.69) is 9.97 Å². The topological polar surface area (TPSA) is 45.8 Å². The van der Waals surface area contributed by atoms with Crippen molar-refractivity contribution < 1.29 is 4.79 Å². The van der Waals surface area contributed by atoms with E-state index < -0.39 is 0 Å². The molecule has 17 heavy (non-hydrogen) atoms. The number of H-pyrrole nitrogens is 1. The second-order valence-corrected chi connectivity index (χ2v) is 5.79. The number of hydrogen-bond donors (Lipinski definition) is 1. The third-order valence-corrected chi connectivity index (χ3v) is 2.83. The molecular formula is C13H15ClN2O. The Morgan fingerprint density at radius 1 is 1.47 bits per heavy atom. The predicted octanol–water partition coefficient (Wildman–Crippen LogP) is 3.84. The summed E-state index contributed by atoms with van der Waals surface area (Å²) in [6.07, 6.45) is 3.81. The third-order valence-electron chi connectivity index (χ3n) is 2.51. The molecule has 4 heteroatoms. The number of carbonyl (C=O) groups is 1. The maximum absolute atomic E-state index is 12.2. The predicted molar refractivity (Wildman–Crippen MR) is 69.5 cm³/mol. The van der Waals surface area contributed by atoms with E-state index in [-0.39, 0.29) is 11.2 Å². The maximum Gasteiger partial charge on any atom is 0.165 e. The van der Waals surface area contributed by atoms with Gasteiger partial charge in [-0.25, -0.2) is 4.98 Å². The highest BCUT2D eigenvalue weighted by Gasteiger charge is 2.21. The Morgan fingerprint density at radius 2 is 2.18 bits per heavy atom. The van der Waals surface area contributed by atoms with Gasteiger partial charge in [0.25, 0.3) is 0 Å². The second-order valence-electron chi connectivity index (χ2n) is 5.38. The van der Waals surface area contributed by atoms with Crippen LogP contribution in [-0.2, 0) is 0 Å². The van der Waals surface area contributed by atoms with E-state index in [4.69, 9.17) is 11.6 Å². The number of ketones is 1. The molecule has 0 bridgehead atoms. The van der Waals surface area contributed by atoms with Gasteiger partial charge in [-0.1, -0.05) is 32.4 Å². The third kappa shape index (κ3) is 2.50. The number of carbonyl (C=O) groups excluding carboxylic acids is 1. The van der Waals surface area contributed by atoms with Gasteiger partial charge in [0.15, 0.2) is 5.78 Å². The largest absolute Gasteiger partial charge is 0.345 e. The Hall–Kier alpha value is -1.35. The summed E-state index contributed by atoms with van der Waals surface area (Å²) in [6.45, 7) is 6.12. The lowest BCUT2D eigenvalue weighted by atomic mass is 9.88. The lowest BCUT2D eigenvalue weighted by Gasteiger charge is -2.16. The zero-order valence-corrected chi connectivity index (χ0v) is 10.9. The van der Waals surface area contributed by atoms with Gasteiger partial charge >= 0.3 is 0 Å². The van der Waals surface area contributed by atoms with Crippen molar-refractivity contribution in [3.8, 4) is 0 Å². The Labute approximate surface area is 105 Å². The van der Waals surface area contributed by atoms with Crippen molar-refractivity contribution >= 4 is 28.4 Å². The molecule has 1 N–H and O–H groups in total. The molecular weight excluding hydrogens is 236 g/mol. The van der Waals surface area contributed by atoms with Gasteiger partial charge in [-0.15, -0.1) is 0 Å². The fourth-order valence-corrected chi connectivity index (χ4v) is 2.06. The molecule has 2 heterocycles. The highest BCUT2D eigenvalue weighted by Crippen LogP contribution is 2.28. The summed E-state index contributed by atoms with van der Waals surface area (Å²) in [4.78, 5) is 19.3. The van der Waals surface area contributed by atoms with Gasteiger partial charge < -0.3 is 4.98 Å². The summed E-state index contributed by atoms with van der Waals surface area (Å²) in [7, 11) is 0. The summed E-state index contributed by atoms with van der Waals surface area (Å²) in [5.74, 6) is 0.0960. The normalized spacial score (nSPS) is 12.0. The minimum absolute atomic E-state index is 0.0324. The first-order chi connectivity index (χ1) is 7.88. The first-order valence-corrected chi connectivity index (χ1v) is 5.91. The Balaban J connectivity index is 2.46. The molecule has 0 unspecified atom stereocenters. The van der Waals surface area contributed by atoms with Gasteiger partial charge in [-0.2, -0.15) is 0 Å². The van der Waals surface area contributed by atoms with Crippen molar-refractivity contribution in [1.29, 1.82) is 0 Å². The van der Waals surface area contributed by atoms with Gasteiger partial charge in [-0.05, 0) is 11.5 Å². The van der Waals surface area contributed by atoms with E-state index in [0.717, 1.165) is 5.39 Å². The van der Waals surface area contributed by atoms with Crippen LogP contribution in [0.1, 0.15) is 37.6 Å². The number of aromatic nitrogens is 2. The monoisotopic (exact) mass is 250 g/mol. The molecule has 0 radical (unpaired) electrons. The molecule has 0 amide bonds. The molecule has 90 valence electrons. The minimum Gasteiger partial charge on any atom is -0.345 e. The van der Waals surface area contributed by atoms with Crippen molar-refractivity contribution in [3.63, 3.8) is 0 Å². The van der Waals surface area contributed by atoms with Crippen LogP contribution in [0.3, 0.4) is 0 Å². The van der Waals surface area contributed by atoms with Gasteiger partial charge in [0.05, 0.1) is 5.02 Å². The summed E-state index contributed by atoms with van der Waals surface area (Å²) >= 11 is 6.11. The summed E-state index contributed by atoms with van der Waals surface area (Å²) in [5, 5.41) is 1.29. The van der Waals surface area contributed by atoms with E-state index in [1.165, 1.54) is 0 Å². The average molecular weight is 251 g/mol. The van der Waals surface area contributed by atoms with E-state index in [1.807, 2.05) is 20.8 Å². The number of halogens is 1. The standard InChI is InChI=1S/C13H15ClN2O/c1-13(2,3)6-10(17)8-7-16-12-11(8)9(14)4-5-15-12/h4-5,7H,6H2,1-3H3,(H,15,16). The smallest absolute Gasteiger partial charge is 0.165 e. The summed E-state index contributed by atoms with van der Waals surface area (Å²) < 4.78 is 0. The zero-order valence-electron chi connectivity index (χ0n) is 10.2. The summed E-state index contributed by atoms with van der Waals surface area (Å²) in [6, 6.07) is 1.70.